The zero-order valence-corrected chi connectivity index (χ0v) is 13.4. The number of hydrogen-bond acceptors (Lipinski definition) is 4. The van der Waals surface area contributed by atoms with E-state index in [1.165, 1.54) is 0 Å². The summed E-state index contributed by atoms with van der Waals surface area (Å²) in [4.78, 5) is 18.2. The summed E-state index contributed by atoms with van der Waals surface area (Å²) in [6.45, 7) is 2.81. The van der Waals surface area contributed by atoms with Crippen LogP contribution >= 0.6 is 0 Å². The summed E-state index contributed by atoms with van der Waals surface area (Å²) >= 11 is 0. The summed E-state index contributed by atoms with van der Waals surface area (Å²) in [7, 11) is 1.79. The Labute approximate surface area is 136 Å². The molecule has 2 aromatic rings. The SMILES string of the molecule is CCCCN(C)C(=O)c1cc(Nc2cccc(C#N)c2)ccn1. The van der Waals surface area contributed by atoms with Crippen LogP contribution in [-0.4, -0.2) is 29.4 Å². The molecule has 0 radical (unpaired) electrons. The van der Waals surface area contributed by atoms with E-state index in [4.69, 9.17) is 5.26 Å². The van der Waals surface area contributed by atoms with Crippen LogP contribution in [0.15, 0.2) is 42.6 Å². The van der Waals surface area contributed by atoms with Gasteiger partial charge in [-0.05, 0) is 36.8 Å². The minimum Gasteiger partial charge on any atom is -0.355 e. The molecule has 2 rings (SSSR count). The van der Waals surface area contributed by atoms with Crippen molar-refractivity contribution >= 4 is 17.3 Å². The Morgan fingerprint density at radius 1 is 1.30 bits per heavy atom. The van der Waals surface area contributed by atoms with Gasteiger partial charge in [-0.1, -0.05) is 19.4 Å². The molecule has 1 aromatic heterocycles. The lowest BCUT2D eigenvalue weighted by Gasteiger charge is -2.16. The Morgan fingerprint density at radius 3 is 2.83 bits per heavy atom. The number of aromatic nitrogens is 1. The van der Waals surface area contributed by atoms with E-state index in [-0.39, 0.29) is 5.91 Å². The van der Waals surface area contributed by atoms with Crippen molar-refractivity contribution in [3.05, 3.63) is 53.9 Å². The van der Waals surface area contributed by atoms with E-state index < -0.39 is 0 Å². The van der Waals surface area contributed by atoms with Crippen molar-refractivity contribution in [2.45, 2.75) is 19.8 Å². The van der Waals surface area contributed by atoms with Crippen molar-refractivity contribution in [1.82, 2.24) is 9.88 Å². The maximum absolute atomic E-state index is 12.3. The standard InChI is InChI=1S/C18H20N4O/c1-3-4-10-22(2)18(23)17-12-16(8-9-20-17)21-15-7-5-6-14(11-15)13-19/h5-9,11-12H,3-4,10H2,1-2H3,(H,20,21). The minimum atomic E-state index is -0.0899. The molecule has 1 heterocycles. The lowest BCUT2D eigenvalue weighted by Crippen LogP contribution is -2.28. The summed E-state index contributed by atoms with van der Waals surface area (Å²) in [6, 6.07) is 12.8. The van der Waals surface area contributed by atoms with E-state index in [0.29, 0.717) is 11.3 Å². The predicted molar refractivity (Wildman–Crippen MR) is 90.5 cm³/mol. The van der Waals surface area contributed by atoms with Crippen LogP contribution in [0.4, 0.5) is 11.4 Å². The summed E-state index contributed by atoms with van der Waals surface area (Å²) in [5, 5.41) is 12.1. The first-order valence-electron chi connectivity index (χ1n) is 7.62. The second kappa shape index (κ2) is 7.95. The second-order valence-electron chi connectivity index (χ2n) is 5.33. The van der Waals surface area contributed by atoms with Crippen molar-refractivity contribution in [2.75, 3.05) is 18.9 Å². The number of nitrogens with zero attached hydrogens (tertiary/aromatic N) is 3. The van der Waals surface area contributed by atoms with Gasteiger partial charge >= 0.3 is 0 Å². The molecule has 0 atom stereocenters. The Balaban J connectivity index is 2.13. The van der Waals surface area contributed by atoms with E-state index >= 15 is 0 Å². The number of carbonyl (C=O) groups excluding carboxylic acids is 1. The van der Waals surface area contributed by atoms with Crippen LogP contribution < -0.4 is 5.32 Å². The zero-order valence-electron chi connectivity index (χ0n) is 13.4. The van der Waals surface area contributed by atoms with Gasteiger partial charge < -0.3 is 10.2 Å². The molecule has 23 heavy (non-hydrogen) atoms. The number of hydrogen-bond donors (Lipinski definition) is 1. The average Bonchev–Trinajstić information content (AvgIpc) is 2.59. The fourth-order valence-electron chi connectivity index (χ4n) is 2.15. The third-order valence-electron chi connectivity index (χ3n) is 3.45. The normalized spacial score (nSPS) is 9.96. The third-order valence-corrected chi connectivity index (χ3v) is 3.45. The molecule has 0 spiro atoms. The van der Waals surface area contributed by atoms with Gasteiger partial charge in [0.25, 0.3) is 5.91 Å². The molecule has 0 unspecified atom stereocenters. The van der Waals surface area contributed by atoms with Crippen LogP contribution in [0, 0.1) is 11.3 Å². The summed E-state index contributed by atoms with van der Waals surface area (Å²) < 4.78 is 0. The third kappa shape index (κ3) is 4.55. The van der Waals surface area contributed by atoms with Crippen LogP contribution in [-0.2, 0) is 0 Å². The number of amides is 1. The fraction of sp³-hybridized carbons (Fsp3) is 0.278. The monoisotopic (exact) mass is 308 g/mol. The van der Waals surface area contributed by atoms with Gasteiger partial charge in [-0.3, -0.25) is 9.78 Å². The Morgan fingerprint density at radius 2 is 2.09 bits per heavy atom. The van der Waals surface area contributed by atoms with Gasteiger partial charge in [0.1, 0.15) is 5.69 Å². The topological polar surface area (TPSA) is 69.0 Å². The maximum Gasteiger partial charge on any atom is 0.272 e. The molecule has 0 aliphatic heterocycles. The molecule has 1 aromatic carbocycles. The number of benzene rings is 1. The molecule has 118 valence electrons. The first-order valence-corrected chi connectivity index (χ1v) is 7.62. The van der Waals surface area contributed by atoms with Crippen molar-refractivity contribution in [2.24, 2.45) is 0 Å². The van der Waals surface area contributed by atoms with Gasteiger partial charge in [0.2, 0.25) is 0 Å². The van der Waals surface area contributed by atoms with Crippen LogP contribution in [0.3, 0.4) is 0 Å². The van der Waals surface area contributed by atoms with Gasteiger partial charge in [0.15, 0.2) is 0 Å². The Hall–Kier alpha value is -2.87. The number of anilines is 2. The zero-order chi connectivity index (χ0) is 16.7. The molecule has 0 aliphatic carbocycles. The minimum absolute atomic E-state index is 0.0899. The lowest BCUT2D eigenvalue weighted by atomic mass is 10.2. The van der Waals surface area contributed by atoms with Gasteiger partial charge in [0.05, 0.1) is 11.6 Å². The number of nitriles is 1. The molecular weight excluding hydrogens is 288 g/mol. The van der Waals surface area contributed by atoms with Gasteiger partial charge in [-0.2, -0.15) is 5.26 Å². The highest BCUT2D eigenvalue weighted by Crippen LogP contribution is 2.18. The van der Waals surface area contributed by atoms with E-state index in [1.807, 2.05) is 12.1 Å². The van der Waals surface area contributed by atoms with Gasteiger partial charge in [-0.25, -0.2) is 0 Å². The fourth-order valence-corrected chi connectivity index (χ4v) is 2.15. The lowest BCUT2D eigenvalue weighted by molar-refractivity contribution is 0.0787. The van der Waals surface area contributed by atoms with Crippen LogP contribution in [0.5, 0.6) is 0 Å². The first kappa shape index (κ1) is 16.5. The molecule has 5 nitrogen and oxygen atoms in total. The number of carbonyl (C=O) groups is 1. The largest absolute Gasteiger partial charge is 0.355 e. The predicted octanol–water partition coefficient (Wildman–Crippen LogP) is 3.57. The van der Waals surface area contributed by atoms with Gasteiger partial charge in [0, 0.05) is 31.2 Å². The van der Waals surface area contributed by atoms with Crippen molar-refractivity contribution < 1.29 is 4.79 Å². The molecule has 5 heteroatoms. The molecule has 0 fully saturated rings. The number of pyridine rings is 1. The highest BCUT2D eigenvalue weighted by Gasteiger charge is 2.13. The van der Waals surface area contributed by atoms with Crippen molar-refractivity contribution in [3.8, 4) is 6.07 Å². The summed E-state index contributed by atoms with van der Waals surface area (Å²) in [5.41, 5.74) is 2.56. The number of nitrogens with one attached hydrogen (secondary N) is 1. The Kier molecular flexibility index (Phi) is 5.70. The Bertz CT molecular complexity index is 721. The van der Waals surface area contributed by atoms with Crippen LogP contribution in [0.1, 0.15) is 35.8 Å². The van der Waals surface area contributed by atoms with Crippen LogP contribution in [0.25, 0.3) is 0 Å². The van der Waals surface area contributed by atoms with Gasteiger partial charge in [-0.15, -0.1) is 0 Å². The molecule has 1 N–H and O–H groups in total. The quantitative estimate of drug-likeness (QED) is 0.885. The van der Waals surface area contributed by atoms with E-state index in [2.05, 4.69) is 23.3 Å². The molecule has 0 saturated heterocycles. The number of rotatable bonds is 6. The van der Waals surface area contributed by atoms with Crippen LogP contribution in [0.2, 0.25) is 0 Å². The highest BCUT2D eigenvalue weighted by molar-refractivity contribution is 5.93. The molecule has 0 saturated carbocycles. The molecule has 0 bridgehead atoms. The average molecular weight is 308 g/mol. The van der Waals surface area contributed by atoms with E-state index in [9.17, 15) is 4.79 Å². The summed E-state index contributed by atoms with van der Waals surface area (Å²) in [5.74, 6) is -0.0899. The first-order chi connectivity index (χ1) is 11.1. The molecule has 0 aliphatic rings. The van der Waals surface area contributed by atoms with Crippen molar-refractivity contribution in [1.29, 1.82) is 5.26 Å². The second-order valence-corrected chi connectivity index (χ2v) is 5.33. The maximum atomic E-state index is 12.3. The van der Waals surface area contributed by atoms with E-state index in [1.54, 1.807) is 42.4 Å². The van der Waals surface area contributed by atoms with E-state index in [0.717, 1.165) is 30.8 Å². The summed E-state index contributed by atoms with van der Waals surface area (Å²) in [6.07, 6.45) is 3.63. The number of unbranched alkanes of at least 4 members (excludes halogenated alkanes) is 1. The van der Waals surface area contributed by atoms with Crippen molar-refractivity contribution in [3.63, 3.8) is 0 Å². The molecular formula is C18H20N4O. The molecule has 1 amide bonds. The highest BCUT2D eigenvalue weighted by atomic mass is 16.2. The smallest absolute Gasteiger partial charge is 0.272 e.